The van der Waals surface area contributed by atoms with Crippen molar-refractivity contribution in [1.82, 2.24) is 10.2 Å². The molecule has 1 N–H and O–H groups in total. The van der Waals surface area contributed by atoms with E-state index in [0.29, 0.717) is 17.4 Å². The minimum Gasteiger partial charge on any atom is -0.338 e. The Bertz CT molecular complexity index is 599. The van der Waals surface area contributed by atoms with E-state index in [2.05, 4.69) is 62.1 Å². The molecule has 0 bridgehead atoms. The fourth-order valence-electron chi connectivity index (χ4n) is 2.57. The minimum absolute atomic E-state index is 0.0430. The van der Waals surface area contributed by atoms with Gasteiger partial charge in [0.15, 0.2) is 0 Å². The Kier molecular flexibility index (Phi) is 11.0. The third-order valence-corrected chi connectivity index (χ3v) is 5.20. The summed E-state index contributed by atoms with van der Waals surface area (Å²) in [7, 11) is 0. The second-order valence-corrected chi connectivity index (χ2v) is 7.47. The molecule has 0 aliphatic rings. The van der Waals surface area contributed by atoms with Crippen LogP contribution in [0.3, 0.4) is 0 Å². The molecule has 0 unspecified atom stereocenters. The highest BCUT2D eigenvalue weighted by atomic mass is 32.2. The van der Waals surface area contributed by atoms with Gasteiger partial charge in [-0.2, -0.15) is 0 Å². The number of likely N-dealkylation sites (N-methyl/N-ethyl adjacent to an activating group) is 1. The first-order valence-electron chi connectivity index (χ1n) is 9.41. The van der Waals surface area contributed by atoms with E-state index in [1.807, 2.05) is 11.8 Å². The van der Waals surface area contributed by atoms with Crippen LogP contribution in [0.1, 0.15) is 51.2 Å². The van der Waals surface area contributed by atoms with Crippen LogP contribution in [0.2, 0.25) is 0 Å². The number of amides is 1. The van der Waals surface area contributed by atoms with Crippen molar-refractivity contribution in [2.24, 2.45) is 4.99 Å². The monoisotopic (exact) mass is 375 g/mol. The highest BCUT2D eigenvalue weighted by molar-refractivity contribution is 8.03. The minimum atomic E-state index is 0.0430. The van der Waals surface area contributed by atoms with E-state index >= 15 is 0 Å². The Morgan fingerprint density at radius 3 is 2.77 bits per heavy atom. The predicted molar refractivity (Wildman–Crippen MR) is 115 cm³/mol. The molecule has 1 aromatic carbocycles. The maximum Gasteiger partial charge on any atom is 0.261 e. The molecule has 144 valence electrons. The van der Waals surface area contributed by atoms with Gasteiger partial charge in [0.25, 0.3) is 5.91 Å². The van der Waals surface area contributed by atoms with E-state index in [0.717, 1.165) is 31.8 Å². The van der Waals surface area contributed by atoms with Crippen LogP contribution < -0.4 is 5.32 Å². The normalized spacial score (nSPS) is 11.7. The summed E-state index contributed by atoms with van der Waals surface area (Å²) in [6, 6.07) is 8.56. The lowest BCUT2D eigenvalue weighted by atomic mass is 10.0. The molecule has 0 aliphatic carbocycles. The number of aliphatic imine (C=N–C) groups is 1. The zero-order chi connectivity index (χ0) is 19.4. The third-order valence-electron chi connectivity index (χ3n) is 4.13. The summed E-state index contributed by atoms with van der Waals surface area (Å²) in [5, 5.41) is 3.30. The zero-order valence-electron chi connectivity index (χ0n) is 16.6. The van der Waals surface area contributed by atoms with Gasteiger partial charge in [-0.3, -0.25) is 9.79 Å². The van der Waals surface area contributed by atoms with Gasteiger partial charge in [-0.05, 0) is 50.2 Å². The van der Waals surface area contributed by atoms with Crippen LogP contribution in [-0.4, -0.2) is 43.7 Å². The molecule has 5 heteroatoms. The van der Waals surface area contributed by atoms with Gasteiger partial charge in [-0.15, -0.1) is 11.8 Å². The van der Waals surface area contributed by atoms with E-state index in [1.165, 1.54) is 22.9 Å². The van der Waals surface area contributed by atoms with Gasteiger partial charge in [-0.25, -0.2) is 0 Å². The summed E-state index contributed by atoms with van der Waals surface area (Å²) in [6.07, 6.45) is 2.54. The molecule has 1 aromatic rings. The number of rotatable bonds is 12. The molecule has 1 rings (SSSR count). The molecule has 26 heavy (non-hydrogen) atoms. The molecule has 0 atom stereocenters. The van der Waals surface area contributed by atoms with Crippen LogP contribution in [0, 0.1) is 0 Å². The lowest BCUT2D eigenvalue weighted by Gasteiger charge is -2.22. The van der Waals surface area contributed by atoms with E-state index in [4.69, 9.17) is 0 Å². The van der Waals surface area contributed by atoms with E-state index in [9.17, 15) is 4.79 Å². The van der Waals surface area contributed by atoms with Gasteiger partial charge >= 0.3 is 0 Å². The summed E-state index contributed by atoms with van der Waals surface area (Å²) in [5.41, 5.74) is 2.54. The third kappa shape index (κ3) is 7.75. The van der Waals surface area contributed by atoms with E-state index < -0.39 is 0 Å². The summed E-state index contributed by atoms with van der Waals surface area (Å²) < 4.78 is 0. The Morgan fingerprint density at radius 2 is 2.15 bits per heavy atom. The van der Waals surface area contributed by atoms with Crippen LogP contribution in [0.25, 0.3) is 0 Å². The van der Waals surface area contributed by atoms with Crippen molar-refractivity contribution in [3.8, 4) is 0 Å². The molecular weight excluding hydrogens is 342 g/mol. The standard InChI is InChI=1S/C21H33N3OS/c1-6-23-12-9-13-24(7-2)21(25)20(15-22-5)26-16-18-10-8-11-19(14-18)17(3)4/h8,10-11,14-15,17,23H,5-7,9,12-13,16H2,1-4H3/b20-15-. The zero-order valence-corrected chi connectivity index (χ0v) is 17.4. The van der Waals surface area contributed by atoms with Crippen LogP contribution in [0.15, 0.2) is 40.4 Å². The van der Waals surface area contributed by atoms with Gasteiger partial charge in [0.2, 0.25) is 0 Å². The van der Waals surface area contributed by atoms with Gasteiger partial charge in [0.05, 0.1) is 4.91 Å². The first-order chi connectivity index (χ1) is 12.5. The number of nitrogens with one attached hydrogen (secondary N) is 1. The van der Waals surface area contributed by atoms with Crippen LogP contribution in [0.5, 0.6) is 0 Å². The molecule has 4 nitrogen and oxygen atoms in total. The van der Waals surface area contributed by atoms with Crippen LogP contribution in [0.4, 0.5) is 0 Å². The molecule has 0 saturated heterocycles. The van der Waals surface area contributed by atoms with Crippen molar-refractivity contribution in [1.29, 1.82) is 0 Å². The molecule has 0 heterocycles. The highest BCUT2D eigenvalue weighted by Crippen LogP contribution is 2.25. The number of benzene rings is 1. The van der Waals surface area contributed by atoms with Crippen molar-refractivity contribution in [2.75, 3.05) is 26.2 Å². The van der Waals surface area contributed by atoms with Gasteiger partial charge in [0.1, 0.15) is 0 Å². The number of hydrogen-bond donors (Lipinski definition) is 1. The molecule has 0 aromatic heterocycles. The second kappa shape index (κ2) is 12.7. The lowest BCUT2D eigenvalue weighted by Crippen LogP contribution is -2.33. The average molecular weight is 376 g/mol. The molecule has 0 radical (unpaired) electrons. The second-order valence-electron chi connectivity index (χ2n) is 6.46. The lowest BCUT2D eigenvalue weighted by molar-refractivity contribution is -0.126. The first kappa shape index (κ1) is 22.5. The van der Waals surface area contributed by atoms with Crippen molar-refractivity contribution < 1.29 is 4.79 Å². The topological polar surface area (TPSA) is 44.7 Å². The first-order valence-corrected chi connectivity index (χ1v) is 10.4. The number of thioether (sulfide) groups is 1. The largest absolute Gasteiger partial charge is 0.338 e. The molecular formula is C21H33N3OS. The summed E-state index contributed by atoms with van der Waals surface area (Å²) in [5.74, 6) is 1.29. The molecule has 1 amide bonds. The Hall–Kier alpha value is -1.59. The molecule has 0 saturated carbocycles. The average Bonchev–Trinajstić information content (AvgIpc) is 2.65. The number of carbonyl (C=O) groups excluding carboxylic acids is 1. The Balaban J connectivity index is 2.72. The Morgan fingerprint density at radius 1 is 1.38 bits per heavy atom. The van der Waals surface area contributed by atoms with Crippen molar-refractivity contribution >= 4 is 24.4 Å². The number of carbonyl (C=O) groups is 1. The van der Waals surface area contributed by atoms with E-state index in [1.54, 1.807) is 6.20 Å². The fourth-order valence-corrected chi connectivity index (χ4v) is 3.47. The predicted octanol–water partition coefficient (Wildman–Crippen LogP) is 4.43. The molecule has 0 fully saturated rings. The SMILES string of the molecule is C=N/C=C(\SCc1cccc(C(C)C)c1)C(=O)N(CC)CCCNCC. The number of nitrogens with zero attached hydrogens (tertiary/aromatic N) is 2. The Labute approximate surface area is 163 Å². The molecule has 0 spiro atoms. The van der Waals surface area contributed by atoms with Crippen molar-refractivity contribution in [3.63, 3.8) is 0 Å². The van der Waals surface area contributed by atoms with Crippen molar-refractivity contribution in [3.05, 3.63) is 46.5 Å². The maximum atomic E-state index is 12.9. The molecule has 0 aliphatic heterocycles. The van der Waals surface area contributed by atoms with Crippen molar-refractivity contribution in [2.45, 2.75) is 45.8 Å². The van der Waals surface area contributed by atoms with Gasteiger partial charge in [0, 0.05) is 25.0 Å². The highest BCUT2D eigenvalue weighted by Gasteiger charge is 2.17. The van der Waals surface area contributed by atoms with Crippen LogP contribution >= 0.6 is 11.8 Å². The summed E-state index contributed by atoms with van der Waals surface area (Å²) in [4.78, 5) is 19.2. The quantitative estimate of drug-likeness (QED) is 0.334. The summed E-state index contributed by atoms with van der Waals surface area (Å²) in [6.45, 7) is 15.3. The van der Waals surface area contributed by atoms with Crippen LogP contribution in [-0.2, 0) is 10.5 Å². The number of hydrogen-bond acceptors (Lipinski definition) is 4. The summed E-state index contributed by atoms with van der Waals surface area (Å²) >= 11 is 1.54. The maximum absolute atomic E-state index is 12.9. The van der Waals surface area contributed by atoms with Gasteiger partial charge in [-0.1, -0.05) is 45.0 Å². The van der Waals surface area contributed by atoms with Gasteiger partial charge < -0.3 is 10.2 Å². The van der Waals surface area contributed by atoms with E-state index in [-0.39, 0.29) is 5.91 Å². The fraction of sp³-hybridized carbons (Fsp3) is 0.524. The smallest absolute Gasteiger partial charge is 0.261 e.